The molecule has 3 nitrogen and oxygen atoms in total. The van der Waals surface area contributed by atoms with Crippen molar-refractivity contribution in [3.8, 4) is 0 Å². The Hall–Kier alpha value is -1.58. The number of aromatic nitrogens is 1. The molecule has 2 aromatic rings. The number of halogens is 1. The van der Waals surface area contributed by atoms with Crippen molar-refractivity contribution in [1.29, 1.82) is 0 Å². The number of allylic oxidation sites excluding steroid dienone is 1. The molecular formula is C20H21ClN2O. The Morgan fingerprint density at radius 2 is 2.17 bits per heavy atom. The standard InChI is InChI=1S/C20H21ClN2O/c1-2-20-9-5-10-22-11-8-14-13-6-3-4-7-15(13)23(17(14)18(20)22)16(12-20)19(21)24/h3-4,6-7,12,18H,2,5,8-11H2,1H3/t18-,20+/m1/s1. The summed E-state index contributed by atoms with van der Waals surface area (Å²) < 4.78 is 2.16. The summed E-state index contributed by atoms with van der Waals surface area (Å²) in [6.07, 6.45) is 6.64. The zero-order chi connectivity index (χ0) is 16.5. The van der Waals surface area contributed by atoms with Crippen molar-refractivity contribution < 1.29 is 4.79 Å². The van der Waals surface area contributed by atoms with Gasteiger partial charge in [0.1, 0.15) is 5.70 Å². The van der Waals surface area contributed by atoms with Gasteiger partial charge in [0.05, 0.1) is 11.6 Å². The number of benzene rings is 1. The molecule has 0 saturated carbocycles. The minimum Gasteiger partial charge on any atom is -0.308 e. The normalized spacial score (nSPS) is 28.6. The van der Waals surface area contributed by atoms with Crippen molar-refractivity contribution in [3.05, 3.63) is 41.6 Å². The first-order chi connectivity index (χ1) is 11.7. The first-order valence-corrected chi connectivity index (χ1v) is 9.33. The molecule has 3 aliphatic rings. The Kier molecular flexibility index (Phi) is 3.05. The van der Waals surface area contributed by atoms with Crippen LogP contribution in [-0.2, 0) is 11.2 Å². The van der Waals surface area contributed by atoms with Crippen molar-refractivity contribution in [2.45, 2.75) is 38.6 Å². The van der Waals surface area contributed by atoms with Crippen LogP contribution in [0.4, 0.5) is 0 Å². The number of carbonyl (C=O) groups excluding carboxylic acids is 1. The van der Waals surface area contributed by atoms with E-state index in [0.717, 1.165) is 37.9 Å². The lowest BCUT2D eigenvalue weighted by Gasteiger charge is -2.53. The van der Waals surface area contributed by atoms with E-state index in [0.29, 0.717) is 11.7 Å². The van der Waals surface area contributed by atoms with Crippen molar-refractivity contribution >= 4 is 33.4 Å². The smallest absolute Gasteiger partial charge is 0.268 e. The highest BCUT2D eigenvalue weighted by Crippen LogP contribution is 2.57. The lowest BCUT2D eigenvalue weighted by molar-refractivity contribution is -0.107. The molecular weight excluding hydrogens is 320 g/mol. The molecule has 1 saturated heterocycles. The van der Waals surface area contributed by atoms with Crippen LogP contribution >= 0.6 is 11.6 Å². The van der Waals surface area contributed by atoms with E-state index < -0.39 is 0 Å². The van der Waals surface area contributed by atoms with E-state index in [1.54, 1.807) is 0 Å². The molecule has 0 unspecified atom stereocenters. The fourth-order valence-corrected chi connectivity index (χ4v) is 5.56. The Bertz CT molecular complexity index is 896. The van der Waals surface area contributed by atoms with Gasteiger partial charge in [-0.05, 0) is 61.5 Å². The van der Waals surface area contributed by atoms with Gasteiger partial charge < -0.3 is 4.57 Å². The Labute approximate surface area is 146 Å². The Balaban J connectivity index is 1.92. The molecule has 4 heterocycles. The lowest BCUT2D eigenvalue weighted by Crippen LogP contribution is -2.50. The molecule has 0 bridgehead atoms. The third-order valence-electron chi connectivity index (χ3n) is 6.45. The molecule has 0 N–H and O–H groups in total. The first-order valence-electron chi connectivity index (χ1n) is 8.95. The average Bonchev–Trinajstić information content (AvgIpc) is 2.95. The quantitative estimate of drug-likeness (QED) is 0.759. The largest absolute Gasteiger partial charge is 0.308 e. The molecule has 3 aliphatic heterocycles. The van der Waals surface area contributed by atoms with Gasteiger partial charge in [0.25, 0.3) is 5.24 Å². The summed E-state index contributed by atoms with van der Waals surface area (Å²) in [4.78, 5) is 14.9. The van der Waals surface area contributed by atoms with E-state index in [-0.39, 0.29) is 10.7 Å². The summed E-state index contributed by atoms with van der Waals surface area (Å²) in [6.45, 7) is 4.53. The van der Waals surface area contributed by atoms with Crippen LogP contribution < -0.4 is 0 Å². The number of para-hydroxylation sites is 1. The van der Waals surface area contributed by atoms with Crippen LogP contribution in [-0.4, -0.2) is 27.8 Å². The van der Waals surface area contributed by atoms with Crippen LogP contribution in [0.3, 0.4) is 0 Å². The number of nitrogens with zero attached hydrogens (tertiary/aromatic N) is 2. The zero-order valence-electron chi connectivity index (χ0n) is 13.9. The van der Waals surface area contributed by atoms with Gasteiger partial charge in [-0.25, -0.2) is 0 Å². The summed E-state index contributed by atoms with van der Waals surface area (Å²) in [6, 6.07) is 8.84. The van der Waals surface area contributed by atoms with E-state index in [2.05, 4.69) is 40.7 Å². The third-order valence-corrected chi connectivity index (χ3v) is 6.64. The van der Waals surface area contributed by atoms with Gasteiger partial charge in [0.15, 0.2) is 0 Å². The van der Waals surface area contributed by atoms with Gasteiger partial charge in [0, 0.05) is 23.0 Å². The van der Waals surface area contributed by atoms with E-state index in [1.807, 2.05) is 6.07 Å². The molecule has 24 heavy (non-hydrogen) atoms. The second-order valence-corrected chi connectivity index (χ2v) is 7.74. The predicted octanol–water partition coefficient (Wildman–Crippen LogP) is 4.35. The molecule has 2 atom stereocenters. The molecule has 1 aromatic heterocycles. The molecule has 4 heteroatoms. The second kappa shape index (κ2) is 4.96. The highest BCUT2D eigenvalue weighted by Gasteiger charge is 2.50. The van der Waals surface area contributed by atoms with Crippen molar-refractivity contribution in [3.63, 3.8) is 0 Å². The summed E-state index contributed by atoms with van der Waals surface area (Å²) in [5, 5.41) is 0.945. The molecule has 1 fully saturated rings. The van der Waals surface area contributed by atoms with Gasteiger partial charge in [0.2, 0.25) is 0 Å². The van der Waals surface area contributed by atoms with Crippen molar-refractivity contribution in [2.24, 2.45) is 5.41 Å². The number of hydrogen-bond acceptors (Lipinski definition) is 2. The van der Waals surface area contributed by atoms with Crippen molar-refractivity contribution in [1.82, 2.24) is 9.47 Å². The van der Waals surface area contributed by atoms with E-state index in [1.165, 1.54) is 23.1 Å². The molecule has 0 amide bonds. The molecule has 0 radical (unpaired) electrons. The Morgan fingerprint density at radius 3 is 2.96 bits per heavy atom. The summed E-state index contributed by atoms with van der Waals surface area (Å²) in [7, 11) is 0. The minimum absolute atomic E-state index is 0.0394. The topological polar surface area (TPSA) is 25.2 Å². The van der Waals surface area contributed by atoms with Crippen molar-refractivity contribution in [2.75, 3.05) is 13.1 Å². The fraction of sp³-hybridized carbons (Fsp3) is 0.450. The van der Waals surface area contributed by atoms with Gasteiger partial charge in [-0.15, -0.1) is 0 Å². The predicted molar refractivity (Wildman–Crippen MR) is 97.0 cm³/mol. The number of rotatable bonds is 2. The molecule has 0 spiro atoms. The highest BCUT2D eigenvalue weighted by atomic mass is 35.5. The first kappa shape index (κ1) is 14.7. The number of piperidine rings is 1. The zero-order valence-corrected chi connectivity index (χ0v) is 14.6. The average molecular weight is 341 g/mol. The van der Waals surface area contributed by atoms with E-state index in [9.17, 15) is 4.79 Å². The maximum absolute atomic E-state index is 12.3. The third kappa shape index (κ3) is 1.69. The summed E-state index contributed by atoms with van der Waals surface area (Å²) in [5.74, 6) is 0. The minimum atomic E-state index is -0.340. The highest BCUT2D eigenvalue weighted by molar-refractivity contribution is 6.73. The van der Waals surface area contributed by atoms with Crippen LogP contribution in [0.15, 0.2) is 30.3 Å². The van der Waals surface area contributed by atoms with Gasteiger partial charge >= 0.3 is 0 Å². The number of fused-ring (bicyclic) bond motifs is 3. The summed E-state index contributed by atoms with van der Waals surface area (Å²) in [5.41, 5.74) is 4.58. The second-order valence-electron chi connectivity index (χ2n) is 7.40. The molecule has 5 rings (SSSR count). The van der Waals surface area contributed by atoms with Crippen LogP contribution in [0.5, 0.6) is 0 Å². The van der Waals surface area contributed by atoms with Gasteiger partial charge in [-0.3, -0.25) is 9.69 Å². The molecule has 1 aromatic carbocycles. The summed E-state index contributed by atoms with van der Waals surface area (Å²) >= 11 is 6.06. The fourth-order valence-electron chi connectivity index (χ4n) is 5.42. The maximum Gasteiger partial charge on any atom is 0.268 e. The van der Waals surface area contributed by atoms with Gasteiger partial charge in [-0.2, -0.15) is 0 Å². The number of carbonyl (C=O) groups is 1. The molecule has 124 valence electrons. The van der Waals surface area contributed by atoms with E-state index >= 15 is 0 Å². The van der Waals surface area contributed by atoms with Crippen LogP contribution in [0.2, 0.25) is 0 Å². The SMILES string of the molecule is CC[C@@]12C=C(C(=O)Cl)n3c4c(c5ccccc53)CCN(CCC1)[C@H]42. The number of hydrogen-bond donors (Lipinski definition) is 0. The lowest BCUT2D eigenvalue weighted by atomic mass is 9.66. The Morgan fingerprint density at radius 1 is 1.33 bits per heavy atom. The van der Waals surface area contributed by atoms with E-state index in [4.69, 9.17) is 11.6 Å². The van der Waals surface area contributed by atoms with Crippen LogP contribution in [0.25, 0.3) is 16.6 Å². The van der Waals surface area contributed by atoms with Gasteiger partial charge in [-0.1, -0.05) is 25.1 Å². The van der Waals surface area contributed by atoms with Crippen LogP contribution in [0.1, 0.15) is 43.5 Å². The monoisotopic (exact) mass is 340 g/mol. The maximum atomic E-state index is 12.3. The molecule has 0 aliphatic carbocycles. The van der Waals surface area contributed by atoms with Crippen LogP contribution in [0, 0.1) is 5.41 Å².